The van der Waals surface area contributed by atoms with Crippen LogP contribution < -0.4 is 10.6 Å². The maximum Gasteiger partial charge on any atom is 0.321 e. The number of carboxylic acid groups (broad SMARTS) is 1. The molecule has 0 saturated heterocycles. The van der Waals surface area contributed by atoms with Crippen LogP contribution in [0.25, 0.3) is 0 Å². The Morgan fingerprint density at radius 1 is 1.33 bits per heavy atom. The van der Waals surface area contributed by atoms with Gasteiger partial charge >= 0.3 is 5.97 Å². The van der Waals surface area contributed by atoms with Gasteiger partial charge < -0.3 is 15.7 Å². The lowest BCUT2D eigenvalue weighted by Crippen LogP contribution is -2.37. The molecular weight excluding hydrogens is 312 g/mol. The molecular formula is C14H21ClN2O3S. The minimum Gasteiger partial charge on any atom is -0.480 e. The third kappa shape index (κ3) is 7.36. The van der Waals surface area contributed by atoms with Crippen molar-refractivity contribution in [3.05, 3.63) is 30.3 Å². The first-order valence-corrected chi connectivity index (χ1v) is 7.54. The van der Waals surface area contributed by atoms with Crippen LogP contribution in [0, 0.1) is 0 Å². The minimum absolute atomic E-state index is 0.0209. The summed E-state index contributed by atoms with van der Waals surface area (Å²) in [5, 5.41) is 8.01. The van der Waals surface area contributed by atoms with Crippen LogP contribution in [0.5, 0.6) is 0 Å². The van der Waals surface area contributed by atoms with Crippen molar-refractivity contribution in [2.45, 2.75) is 25.9 Å². The fourth-order valence-electron chi connectivity index (χ4n) is 1.46. The molecule has 1 aromatic rings. The quantitative estimate of drug-likeness (QED) is 0.569. The highest BCUT2D eigenvalue weighted by atomic mass is 35.5. The van der Waals surface area contributed by atoms with Gasteiger partial charge in [-0.05, 0) is 26.0 Å². The maximum atomic E-state index is 11.5. The number of rotatable bonds is 5. The Labute approximate surface area is 135 Å². The van der Waals surface area contributed by atoms with Crippen LogP contribution in [0.15, 0.2) is 30.3 Å². The lowest BCUT2D eigenvalue weighted by atomic mass is 10.2. The number of amides is 1. The number of carboxylic acids is 1. The number of nitrogens with two attached hydrogens (primary N) is 1. The standard InChI is InChI=1S/C11H14ClNO.C3H7NO2S/c1-9(2)13(11(14)8-12)10-6-4-3-5-7-10;4-2(1-7)3(5)6/h3-7,9H,8H2,1-2H3;2,7H,1,4H2,(H,5,6). The number of nitrogens with zero attached hydrogens (tertiary/aromatic N) is 1. The van der Waals surface area contributed by atoms with Gasteiger partial charge in [-0.1, -0.05) is 18.2 Å². The number of hydrogen-bond donors (Lipinski definition) is 3. The van der Waals surface area contributed by atoms with Crippen LogP contribution >= 0.6 is 24.2 Å². The van der Waals surface area contributed by atoms with E-state index in [-0.39, 0.29) is 23.6 Å². The van der Waals surface area contributed by atoms with Crippen molar-refractivity contribution in [2.24, 2.45) is 5.73 Å². The summed E-state index contributed by atoms with van der Waals surface area (Å²) in [5.41, 5.74) is 5.84. The van der Waals surface area contributed by atoms with Gasteiger partial charge in [0.2, 0.25) is 5.91 Å². The fourth-order valence-corrected chi connectivity index (χ4v) is 1.75. The zero-order valence-electron chi connectivity index (χ0n) is 12.1. The highest BCUT2D eigenvalue weighted by Crippen LogP contribution is 2.16. The molecule has 0 aliphatic heterocycles. The summed E-state index contributed by atoms with van der Waals surface area (Å²) in [4.78, 5) is 23.0. The third-order valence-corrected chi connectivity index (χ3v) is 3.07. The van der Waals surface area contributed by atoms with E-state index in [1.165, 1.54) is 0 Å². The number of alkyl halides is 1. The van der Waals surface area contributed by atoms with Gasteiger partial charge in [-0.2, -0.15) is 12.6 Å². The molecule has 0 fully saturated rings. The predicted octanol–water partition coefficient (Wildman–Crippen LogP) is 1.99. The summed E-state index contributed by atoms with van der Waals surface area (Å²) in [6.45, 7) is 3.94. The van der Waals surface area contributed by atoms with Crippen LogP contribution in [0.2, 0.25) is 0 Å². The molecule has 0 aliphatic rings. The van der Waals surface area contributed by atoms with E-state index in [1.54, 1.807) is 4.90 Å². The third-order valence-electron chi connectivity index (χ3n) is 2.45. The van der Waals surface area contributed by atoms with Gasteiger partial charge in [-0.15, -0.1) is 11.6 Å². The van der Waals surface area contributed by atoms with Crippen LogP contribution in [-0.2, 0) is 9.59 Å². The number of benzene rings is 1. The summed E-state index contributed by atoms with van der Waals surface area (Å²) in [6.07, 6.45) is 0. The van der Waals surface area contributed by atoms with Crippen LogP contribution in [0.1, 0.15) is 13.8 Å². The van der Waals surface area contributed by atoms with Crippen LogP contribution in [-0.4, -0.2) is 40.7 Å². The number of carbonyl (C=O) groups is 2. The molecule has 1 rings (SSSR count). The number of thiol groups is 1. The van der Waals surface area contributed by atoms with E-state index in [1.807, 2.05) is 44.2 Å². The molecule has 1 aromatic carbocycles. The molecule has 5 nitrogen and oxygen atoms in total. The molecule has 0 spiro atoms. The average Bonchev–Trinajstić information content (AvgIpc) is 2.47. The van der Waals surface area contributed by atoms with Gasteiger partial charge in [0.15, 0.2) is 0 Å². The smallest absolute Gasteiger partial charge is 0.321 e. The SMILES string of the molecule is CC(C)N(C(=O)CCl)c1ccccc1.NC(CS)C(=O)O. The van der Waals surface area contributed by atoms with E-state index in [2.05, 4.69) is 12.6 Å². The Morgan fingerprint density at radius 2 is 1.86 bits per heavy atom. The zero-order valence-corrected chi connectivity index (χ0v) is 13.7. The number of anilines is 1. The van der Waals surface area contributed by atoms with E-state index in [0.717, 1.165) is 5.69 Å². The van der Waals surface area contributed by atoms with Crippen LogP contribution in [0.4, 0.5) is 5.69 Å². The fraction of sp³-hybridized carbons (Fsp3) is 0.429. The molecule has 0 aromatic heterocycles. The van der Waals surface area contributed by atoms with Crippen molar-refractivity contribution in [2.75, 3.05) is 16.5 Å². The molecule has 1 atom stereocenters. The van der Waals surface area contributed by atoms with E-state index in [4.69, 9.17) is 22.4 Å². The molecule has 7 heteroatoms. The van der Waals surface area contributed by atoms with Crippen molar-refractivity contribution in [1.82, 2.24) is 0 Å². The summed E-state index contributed by atoms with van der Waals surface area (Å²) >= 11 is 9.20. The van der Waals surface area contributed by atoms with Crippen molar-refractivity contribution < 1.29 is 14.7 Å². The number of carbonyl (C=O) groups excluding carboxylic acids is 1. The first-order valence-electron chi connectivity index (χ1n) is 6.37. The predicted molar refractivity (Wildman–Crippen MR) is 89.2 cm³/mol. The Kier molecular flexibility index (Phi) is 9.86. The highest BCUT2D eigenvalue weighted by Gasteiger charge is 2.17. The van der Waals surface area contributed by atoms with E-state index < -0.39 is 12.0 Å². The van der Waals surface area contributed by atoms with Gasteiger partial charge in [0.25, 0.3) is 0 Å². The molecule has 0 saturated carbocycles. The largest absolute Gasteiger partial charge is 0.480 e. The van der Waals surface area contributed by atoms with Crippen LogP contribution in [0.3, 0.4) is 0 Å². The molecule has 0 bridgehead atoms. The number of para-hydroxylation sites is 1. The Balaban J connectivity index is 0.000000486. The van der Waals surface area contributed by atoms with Gasteiger partial charge in [0.05, 0.1) is 0 Å². The van der Waals surface area contributed by atoms with Crippen molar-refractivity contribution in [3.63, 3.8) is 0 Å². The highest BCUT2D eigenvalue weighted by molar-refractivity contribution is 7.80. The van der Waals surface area contributed by atoms with Crippen molar-refractivity contribution in [1.29, 1.82) is 0 Å². The average molecular weight is 333 g/mol. The monoisotopic (exact) mass is 332 g/mol. The molecule has 1 amide bonds. The van der Waals surface area contributed by atoms with Gasteiger partial charge in [-0.25, -0.2) is 0 Å². The van der Waals surface area contributed by atoms with Crippen molar-refractivity contribution >= 4 is 41.8 Å². The normalized spacial score (nSPS) is 11.3. The minimum atomic E-state index is -1.00. The van der Waals surface area contributed by atoms with E-state index in [0.29, 0.717) is 0 Å². The molecule has 3 N–H and O–H groups in total. The van der Waals surface area contributed by atoms with E-state index >= 15 is 0 Å². The summed E-state index contributed by atoms with van der Waals surface area (Å²) < 4.78 is 0. The maximum absolute atomic E-state index is 11.5. The number of hydrogen-bond acceptors (Lipinski definition) is 4. The Morgan fingerprint density at radius 3 is 2.14 bits per heavy atom. The zero-order chi connectivity index (χ0) is 16.4. The first-order chi connectivity index (χ1) is 9.84. The topological polar surface area (TPSA) is 83.6 Å². The lowest BCUT2D eigenvalue weighted by molar-refractivity contribution is -0.137. The summed E-state index contributed by atoms with van der Waals surface area (Å²) in [5.74, 6) is -0.856. The molecule has 118 valence electrons. The molecule has 1 unspecified atom stereocenters. The lowest BCUT2D eigenvalue weighted by Gasteiger charge is -2.25. The van der Waals surface area contributed by atoms with Crippen molar-refractivity contribution in [3.8, 4) is 0 Å². The van der Waals surface area contributed by atoms with Gasteiger partial charge in [-0.3, -0.25) is 9.59 Å². The second-order valence-corrected chi connectivity index (χ2v) is 5.09. The molecule has 0 heterocycles. The Bertz CT molecular complexity index is 443. The second-order valence-electron chi connectivity index (χ2n) is 4.45. The second kappa shape index (κ2) is 10.5. The summed E-state index contributed by atoms with van der Waals surface area (Å²) in [7, 11) is 0. The van der Waals surface area contributed by atoms with Gasteiger partial charge in [0, 0.05) is 17.5 Å². The molecule has 0 aliphatic carbocycles. The first kappa shape index (κ1) is 19.8. The number of aliphatic carboxylic acids is 1. The summed E-state index contributed by atoms with van der Waals surface area (Å²) in [6, 6.07) is 8.87. The van der Waals surface area contributed by atoms with E-state index in [9.17, 15) is 9.59 Å². The molecule has 0 radical (unpaired) electrons. The molecule has 21 heavy (non-hydrogen) atoms. The van der Waals surface area contributed by atoms with Gasteiger partial charge in [0.1, 0.15) is 11.9 Å². The Hall–Kier alpha value is -1.24. The number of halogens is 1.